The number of allylic oxidation sites excluding steroid dienone is 1. The second-order valence-electron chi connectivity index (χ2n) is 4.20. The lowest BCUT2D eigenvalue weighted by Crippen LogP contribution is -2.43. The second kappa shape index (κ2) is 7.69. The van der Waals surface area contributed by atoms with Gasteiger partial charge in [0.15, 0.2) is 0 Å². The lowest BCUT2D eigenvalue weighted by Gasteiger charge is -2.30. The lowest BCUT2D eigenvalue weighted by molar-refractivity contribution is 0.0446. The molecule has 0 spiro atoms. The Balaban J connectivity index is 2.66. The van der Waals surface area contributed by atoms with Gasteiger partial charge in [-0.2, -0.15) is 0 Å². The summed E-state index contributed by atoms with van der Waals surface area (Å²) >= 11 is 0. The molecule has 3 heteroatoms. The van der Waals surface area contributed by atoms with Crippen molar-refractivity contribution in [2.45, 2.75) is 51.7 Å². The van der Waals surface area contributed by atoms with Gasteiger partial charge in [-0.25, -0.2) is 0 Å². The Morgan fingerprint density at radius 1 is 1.50 bits per heavy atom. The van der Waals surface area contributed by atoms with Crippen molar-refractivity contribution >= 4 is 0 Å². The van der Waals surface area contributed by atoms with E-state index in [-0.39, 0.29) is 12.1 Å². The van der Waals surface area contributed by atoms with Gasteiger partial charge in [-0.15, -0.1) is 0 Å². The summed E-state index contributed by atoms with van der Waals surface area (Å²) < 4.78 is 11.3. The van der Waals surface area contributed by atoms with Crippen LogP contribution >= 0.6 is 0 Å². The minimum absolute atomic E-state index is 0.217. The number of hydrogen-bond acceptors (Lipinski definition) is 3. The van der Waals surface area contributed by atoms with E-state index >= 15 is 0 Å². The van der Waals surface area contributed by atoms with Crippen LogP contribution in [0.1, 0.15) is 39.5 Å². The average molecular weight is 227 g/mol. The van der Waals surface area contributed by atoms with Gasteiger partial charge in [0.25, 0.3) is 0 Å². The molecule has 0 aliphatic carbocycles. The molecule has 0 fully saturated rings. The molecular formula is C13H25NO2. The Labute approximate surface area is 99.2 Å². The molecule has 0 saturated heterocycles. The van der Waals surface area contributed by atoms with E-state index in [2.05, 4.69) is 25.2 Å². The molecule has 0 radical (unpaired) electrons. The molecule has 3 nitrogen and oxygen atoms in total. The first-order chi connectivity index (χ1) is 7.83. The Bertz CT molecular complexity index is 216. The van der Waals surface area contributed by atoms with Crippen LogP contribution in [0, 0.1) is 0 Å². The first kappa shape index (κ1) is 13.5. The molecule has 1 N–H and O–H groups in total. The molecule has 0 aromatic carbocycles. The van der Waals surface area contributed by atoms with E-state index in [0.29, 0.717) is 0 Å². The monoisotopic (exact) mass is 227 g/mol. The summed E-state index contributed by atoms with van der Waals surface area (Å²) in [6, 6.07) is 0.218. The first-order valence-corrected chi connectivity index (χ1v) is 6.42. The molecule has 1 heterocycles. The normalized spacial score (nSPS) is 19.8. The number of rotatable bonds is 7. The molecule has 0 amide bonds. The van der Waals surface area contributed by atoms with Crippen molar-refractivity contribution in [2.75, 3.05) is 20.3 Å². The van der Waals surface area contributed by atoms with E-state index in [4.69, 9.17) is 9.47 Å². The summed E-state index contributed by atoms with van der Waals surface area (Å²) in [4.78, 5) is 0. The van der Waals surface area contributed by atoms with Crippen LogP contribution in [-0.2, 0) is 9.47 Å². The lowest BCUT2D eigenvalue weighted by atomic mass is 10.0. The highest BCUT2D eigenvalue weighted by Gasteiger charge is 2.25. The van der Waals surface area contributed by atoms with Crippen LogP contribution < -0.4 is 5.32 Å². The maximum absolute atomic E-state index is 5.74. The van der Waals surface area contributed by atoms with Crippen LogP contribution in [0.2, 0.25) is 0 Å². The van der Waals surface area contributed by atoms with Crippen molar-refractivity contribution < 1.29 is 9.47 Å². The van der Waals surface area contributed by atoms with Gasteiger partial charge in [-0.3, -0.25) is 0 Å². The summed E-state index contributed by atoms with van der Waals surface area (Å²) in [5, 5.41) is 3.47. The fourth-order valence-corrected chi connectivity index (χ4v) is 2.13. The zero-order valence-electron chi connectivity index (χ0n) is 10.8. The Hall–Kier alpha value is -0.540. The van der Waals surface area contributed by atoms with Gasteiger partial charge in [0.2, 0.25) is 0 Å². The Morgan fingerprint density at radius 2 is 2.31 bits per heavy atom. The van der Waals surface area contributed by atoms with Gasteiger partial charge in [-0.1, -0.05) is 20.3 Å². The third-order valence-electron chi connectivity index (χ3n) is 2.94. The summed E-state index contributed by atoms with van der Waals surface area (Å²) in [6.45, 7) is 6.09. The largest absolute Gasteiger partial charge is 0.496 e. The quantitative estimate of drug-likeness (QED) is 0.725. The first-order valence-electron chi connectivity index (χ1n) is 6.42. The van der Waals surface area contributed by atoms with Gasteiger partial charge >= 0.3 is 0 Å². The van der Waals surface area contributed by atoms with Gasteiger partial charge in [0.1, 0.15) is 5.76 Å². The second-order valence-corrected chi connectivity index (χ2v) is 4.20. The number of hydrogen-bond donors (Lipinski definition) is 1. The highest BCUT2D eigenvalue weighted by atomic mass is 16.5. The SMILES string of the molecule is CCCC(OC)C(NCC)C1=CCCCO1. The van der Waals surface area contributed by atoms with Crippen LogP contribution in [-0.4, -0.2) is 32.4 Å². The molecule has 94 valence electrons. The maximum Gasteiger partial charge on any atom is 0.112 e. The molecule has 0 aromatic heterocycles. The Kier molecular flexibility index (Phi) is 6.50. The molecule has 0 saturated carbocycles. The predicted molar refractivity (Wildman–Crippen MR) is 66.4 cm³/mol. The van der Waals surface area contributed by atoms with Crippen molar-refractivity contribution in [3.8, 4) is 0 Å². The minimum atomic E-state index is 0.217. The third kappa shape index (κ3) is 3.80. The third-order valence-corrected chi connectivity index (χ3v) is 2.94. The van der Waals surface area contributed by atoms with E-state index in [9.17, 15) is 0 Å². The van der Waals surface area contributed by atoms with Gasteiger partial charge in [0.05, 0.1) is 18.8 Å². The summed E-state index contributed by atoms with van der Waals surface area (Å²) in [7, 11) is 1.79. The topological polar surface area (TPSA) is 30.5 Å². The van der Waals surface area contributed by atoms with Gasteiger partial charge in [0, 0.05) is 7.11 Å². The summed E-state index contributed by atoms with van der Waals surface area (Å²) in [6.07, 6.45) is 6.88. The number of nitrogens with one attached hydrogen (secondary N) is 1. The standard InChI is InChI=1S/C13H25NO2/c1-4-8-11(15-3)13(14-5-2)12-9-6-7-10-16-12/h9,11,13-14H,4-8,10H2,1-3H3. The van der Waals surface area contributed by atoms with E-state index in [1.165, 1.54) is 0 Å². The molecule has 2 unspecified atom stereocenters. The van der Waals surface area contributed by atoms with Crippen LogP contribution in [0.25, 0.3) is 0 Å². The van der Waals surface area contributed by atoms with Crippen LogP contribution in [0.4, 0.5) is 0 Å². The van der Waals surface area contributed by atoms with Gasteiger partial charge < -0.3 is 14.8 Å². The maximum atomic E-state index is 5.74. The van der Waals surface area contributed by atoms with Crippen LogP contribution in [0.5, 0.6) is 0 Å². The summed E-state index contributed by atoms with van der Waals surface area (Å²) in [5.41, 5.74) is 0. The number of likely N-dealkylation sites (N-methyl/N-ethyl adjacent to an activating group) is 1. The van der Waals surface area contributed by atoms with E-state index < -0.39 is 0 Å². The molecule has 1 aliphatic heterocycles. The number of methoxy groups -OCH3 is 1. The van der Waals surface area contributed by atoms with Crippen LogP contribution in [0.3, 0.4) is 0 Å². The Morgan fingerprint density at radius 3 is 2.81 bits per heavy atom. The average Bonchev–Trinajstić information content (AvgIpc) is 2.35. The zero-order chi connectivity index (χ0) is 11.8. The van der Waals surface area contributed by atoms with E-state index in [1.54, 1.807) is 7.11 Å². The molecule has 16 heavy (non-hydrogen) atoms. The smallest absolute Gasteiger partial charge is 0.112 e. The van der Waals surface area contributed by atoms with Crippen LogP contribution in [0.15, 0.2) is 11.8 Å². The molecule has 0 bridgehead atoms. The minimum Gasteiger partial charge on any atom is -0.496 e. The molecule has 2 atom stereocenters. The van der Waals surface area contributed by atoms with Crippen molar-refractivity contribution in [3.05, 3.63) is 11.8 Å². The van der Waals surface area contributed by atoms with Gasteiger partial charge in [-0.05, 0) is 31.9 Å². The molecule has 1 rings (SSSR count). The van der Waals surface area contributed by atoms with E-state index in [0.717, 1.165) is 44.6 Å². The van der Waals surface area contributed by atoms with Crippen molar-refractivity contribution in [3.63, 3.8) is 0 Å². The molecule has 0 aromatic rings. The van der Waals surface area contributed by atoms with E-state index in [1.807, 2.05) is 0 Å². The van der Waals surface area contributed by atoms with Crippen molar-refractivity contribution in [2.24, 2.45) is 0 Å². The van der Waals surface area contributed by atoms with Crippen molar-refractivity contribution in [1.82, 2.24) is 5.32 Å². The fourth-order valence-electron chi connectivity index (χ4n) is 2.13. The fraction of sp³-hybridized carbons (Fsp3) is 0.846. The highest BCUT2D eigenvalue weighted by molar-refractivity contribution is 5.08. The van der Waals surface area contributed by atoms with Crippen molar-refractivity contribution in [1.29, 1.82) is 0 Å². The zero-order valence-corrected chi connectivity index (χ0v) is 10.8. The molecule has 1 aliphatic rings. The number of ether oxygens (including phenoxy) is 2. The predicted octanol–water partition coefficient (Wildman–Crippen LogP) is 2.47. The highest BCUT2D eigenvalue weighted by Crippen LogP contribution is 2.19. The molecular weight excluding hydrogens is 202 g/mol. The summed E-state index contributed by atoms with van der Waals surface area (Å²) in [5.74, 6) is 1.08.